The molecule has 3 heterocycles. The van der Waals surface area contributed by atoms with Gasteiger partial charge in [-0.3, -0.25) is 14.4 Å². The molecule has 1 aromatic carbocycles. The highest BCUT2D eigenvalue weighted by Gasteiger charge is 2.52. The van der Waals surface area contributed by atoms with E-state index in [2.05, 4.69) is 0 Å². The van der Waals surface area contributed by atoms with E-state index in [9.17, 15) is 24.3 Å². The van der Waals surface area contributed by atoms with Crippen molar-refractivity contribution < 1.29 is 33.8 Å². The molecule has 4 rings (SSSR count). The lowest BCUT2D eigenvalue weighted by Gasteiger charge is -2.48. The van der Waals surface area contributed by atoms with Crippen LogP contribution in [0, 0.1) is 5.41 Å². The lowest BCUT2D eigenvalue weighted by molar-refractivity contribution is -0.155. The molecular weight excluding hydrogens is 490 g/mol. The van der Waals surface area contributed by atoms with Gasteiger partial charge in [-0.15, -0.1) is 0 Å². The number of rotatable bonds is 5. The largest absolute Gasteiger partial charge is 0.492 e. The summed E-state index contributed by atoms with van der Waals surface area (Å²) in [5.41, 5.74) is 6.55. The van der Waals surface area contributed by atoms with Crippen LogP contribution < -0.4 is 10.5 Å². The number of likely N-dealkylation sites (tertiary alicyclic amines) is 1. The molecule has 10 nitrogen and oxygen atoms in total. The van der Waals surface area contributed by atoms with Crippen LogP contribution in [-0.4, -0.2) is 69.6 Å². The number of ether oxygens (including phenoxy) is 2. The number of nitrogens with two attached hydrogens (primary N) is 1. The molecule has 3 aliphatic heterocycles. The first-order chi connectivity index (χ1) is 17.5. The second-order valence-electron chi connectivity index (χ2n) is 12.8. The van der Waals surface area contributed by atoms with Gasteiger partial charge in [-0.1, -0.05) is 26.8 Å². The molecule has 1 spiro atoms. The predicted molar refractivity (Wildman–Crippen MR) is 139 cm³/mol. The van der Waals surface area contributed by atoms with Crippen LogP contribution in [0.15, 0.2) is 12.1 Å². The first kappa shape index (κ1) is 27.7. The minimum atomic E-state index is -0.961. The van der Waals surface area contributed by atoms with Crippen LogP contribution in [0.25, 0.3) is 0 Å². The summed E-state index contributed by atoms with van der Waals surface area (Å²) in [5.74, 6) is -0.822. The highest BCUT2D eigenvalue weighted by Crippen LogP contribution is 2.52. The number of hydrogen-bond acceptors (Lipinski definition) is 6. The Balaban J connectivity index is 1.58. The van der Waals surface area contributed by atoms with E-state index in [0.29, 0.717) is 42.9 Å². The summed E-state index contributed by atoms with van der Waals surface area (Å²) in [6.45, 7) is 12.4. The SMILES string of the molecule is CC(C)(C)OC(=O)CCC(C(N)=O)N1Cc2c(ccc3c2OCC32CCN(C(=O)O)[C@H](C(C)(C)C)C2)C1=O. The Morgan fingerprint density at radius 1 is 1.21 bits per heavy atom. The molecular formula is C28H39N3O7. The van der Waals surface area contributed by atoms with Crippen molar-refractivity contribution in [3.05, 3.63) is 28.8 Å². The van der Waals surface area contributed by atoms with Crippen LogP contribution in [0.2, 0.25) is 0 Å². The Kier molecular flexibility index (Phi) is 6.91. The molecule has 1 saturated heterocycles. The third-order valence-electron chi connectivity index (χ3n) is 7.93. The number of amides is 3. The van der Waals surface area contributed by atoms with E-state index in [-0.39, 0.29) is 42.2 Å². The summed E-state index contributed by atoms with van der Waals surface area (Å²) in [4.78, 5) is 52.9. The number of primary amides is 1. The molecule has 2 unspecified atom stereocenters. The molecule has 0 bridgehead atoms. The molecule has 10 heteroatoms. The number of nitrogens with zero attached hydrogens (tertiary/aromatic N) is 2. The quantitative estimate of drug-likeness (QED) is 0.557. The zero-order valence-electron chi connectivity index (χ0n) is 23.1. The molecule has 3 amide bonds. The molecule has 38 heavy (non-hydrogen) atoms. The van der Waals surface area contributed by atoms with Gasteiger partial charge >= 0.3 is 12.1 Å². The summed E-state index contributed by atoms with van der Waals surface area (Å²) in [7, 11) is 0. The minimum absolute atomic E-state index is 0.0447. The molecule has 1 aromatic rings. The van der Waals surface area contributed by atoms with Crippen molar-refractivity contribution in [2.24, 2.45) is 11.1 Å². The Bertz CT molecular complexity index is 1170. The lowest BCUT2D eigenvalue weighted by atomic mass is 9.66. The number of carboxylic acid groups (broad SMARTS) is 1. The average molecular weight is 530 g/mol. The third kappa shape index (κ3) is 5.05. The van der Waals surface area contributed by atoms with E-state index < -0.39 is 29.6 Å². The molecule has 0 aliphatic carbocycles. The van der Waals surface area contributed by atoms with E-state index in [1.165, 1.54) is 9.80 Å². The summed E-state index contributed by atoms with van der Waals surface area (Å²) in [6.07, 6.45) is 0.339. The van der Waals surface area contributed by atoms with Gasteiger partial charge < -0.3 is 30.1 Å². The van der Waals surface area contributed by atoms with Gasteiger partial charge in [0, 0.05) is 41.1 Å². The number of piperidine rings is 1. The van der Waals surface area contributed by atoms with Gasteiger partial charge in [-0.25, -0.2) is 4.79 Å². The second-order valence-corrected chi connectivity index (χ2v) is 12.8. The number of esters is 1. The molecule has 3 aliphatic rings. The average Bonchev–Trinajstić information content (AvgIpc) is 3.30. The Labute approximate surface area is 223 Å². The van der Waals surface area contributed by atoms with Crippen molar-refractivity contribution in [1.29, 1.82) is 0 Å². The molecule has 0 radical (unpaired) electrons. The number of carbonyl (C=O) groups excluding carboxylic acids is 3. The number of fused-ring (bicyclic) bond motifs is 4. The van der Waals surface area contributed by atoms with Gasteiger partial charge in [0.2, 0.25) is 5.91 Å². The first-order valence-electron chi connectivity index (χ1n) is 13.1. The summed E-state index contributed by atoms with van der Waals surface area (Å²) >= 11 is 0. The zero-order valence-corrected chi connectivity index (χ0v) is 23.1. The predicted octanol–water partition coefficient (Wildman–Crippen LogP) is 3.44. The van der Waals surface area contributed by atoms with E-state index in [1.54, 1.807) is 26.8 Å². The number of benzene rings is 1. The van der Waals surface area contributed by atoms with Gasteiger partial charge in [0.05, 0.1) is 13.2 Å². The Morgan fingerprint density at radius 2 is 1.89 bits per heavy atom. The maximum atomic E-state index is 13.4. The van der Waals surface area contributed by atoms with Crippen molar-refractivity contribution in [2.75, 3.05) is 13.2 Å². The minimum Gasteiger partial charge on any atom is -0.492 e. The lowest BCUT2D eigenvalue weighted by Crippen LogP contribution is -2.56. The van der Waals surface area contributed by atoms with Crippen LogP contribution in [0.4, 0.5) is 4.79 Å². The monoisotopic (exact) mass is 529 g/mol. The van der Waals surface area contributed by atoms with Crippen molar-refractivity contribution in [1.82, 2.24) is 9.80 Å². The van der Waals surface area contributed by atoms with Crippen LogP contribution in [0.5, 0.6) is 5.75 Å². The van der Waals surface area contributed by atoms with Crippen molar-refractivity contribution >= 4 is 23.9 Å². The standard InChI is InChI=1S/C28H39N3O7/c1-26(2,3)20-13-28(11-12-30(20)25(35)36)15-37-22-17-14-31(24(34)16(17)7-8-18(22)28)19(23(29)33)9-10-21(32)38-27(4,5)6/h7-8,19-20H,9-15H2,1-6H3,(H2,29,33)(H,35,36)/t19?,20-,28?/m0/s1. The van der Waals surface area contributed by atoms with Crippen molar-refractivity contribution in [3.63, 3.8) is 0 Å². The molecule has 208 valence electrons. The highest BCUT2D eigenvalue weighted by molar-refractivity contribution is 6.02. The maximum absolute atomic E-state index is 13.4. The normalized spacial score (nSPS) is 23.6. The van der Waals surface area contributed by atoms with E-state index in [4.69, 9.17) is 15.2 Å². The fraction of sp³-hybridized carbons (Fsp3) is 0.643. The molecule has 1 fully saturated rings. The summed E-state index contributed by atoms with van der Waals surface area (Å²) in [6, 6.07) is 2.53. The Hall–Kier alpha value is -3.30. The Morgan fingerprint density at radius 3 is 2.47 bits per heavy atom. The van der Waals surface area contributed by atoms with Gasteiger partial charge in [0.25, 0.3) is 5.91 Å². The van der Waals surface area contributed by atoms with Crippen LogP contribution in [0.3, 0.4) is 0 Å². The van der Waals surface area contributed by atoms with Gasteiger partial charge in [0.1, 0.15) is 17.4 Å². The molecule has 0 aromatic heterocycles. The van der Waals surface area contributed by atoms with Crippen LogP contribution >= 0.6 is 0 Å². The molecule has 3 atom stereocenters. The number of hydrogen-bond donors (Lipinski definition) is 2. The van der Waals surface area contributed by atoms with Crippen LogP contribution in [0.1, 0.15) is 88.7 Å². The fourth-order valence-corrected chi connectivity index (χ4v) is 6.05. The van der Waals surface area contributed by atoms with Crippen LogP contribution in [-0.2, 0) is 26.3 Å². The summed E-state index contributed by atoms with van der Waals surface area (Å²) in [5, 5.41) is 9.80. The van der Waals surface area contributed by atoms with Gasteiger partial charge in [-0.05, 0) is 51.5 Å². The molecule has 3 N–H and O–H groups in total. The smallest absolute Gasteiger partial charge is 0.407 e. The number of carbonyl (C=O) groups is 4. The summed E-state index contributed by atoms with van der Waals surface area (Å²) < 4.78 is 11.6. The third-order valence-corrected chi connectivity index (χ3v) is 7.93. The molecule has 0 saturated carbocycles. The van der Waals surface area contributed by atoms with E-state index >= 15 is 0 Å². The van der Waals surface area contributed by atoms with Crippen molar-refractivity contribution in [2.45, 2.75) is 96.9 Å². The second kappa shape index (κ2) is 9.47. The van der Waals surface area contributed by atoms with E-state index in [0.717, 1.165) is 5.56 Å². The van der Waals surface area contributed by atoms with E-state index in [1.807, 2.05) is 26.8 Å². The zero-order chi connectivity index (χ0) is 28.2. The maximum Gasteiger partial charge on any atom is 0.407 e. The van der Waals surface area contributed by atoms with Crippen molar-refractivity contribution in [3.8, 4) is 5.75 Å². The fourth-order valence-electron chi connectivity index (χ4n) is 6.05. The topological polar surface area (TPSA) is 139 Å². The highest BCUT2D eigenvalue weighted by atomic mass is 16.6. The van der Waals surface area contributed by atoms with Gasteiger partial charge in [-0.2, -0.15) is 0 Å². The van der Waals surface area contributed by atoms with Gasteiger partial charge in [0.15, 0.2) is 0 Å². The first-order valence-corrected chi connectivity index (χ1v) is 13.1.